The molecule has 24 heavy (non-hydrogen) atoms. The van der Waals surface area contributed by atoms with Crippen molar-refractivity contribution in [1.29, 1.82) is 0 Å². The summed E-state index contributed by atoms with van der Waals surface area (Å²) < 4.78 is 25.1. The first-order chi connectivity index (χ1) is 10.9. The number of guanidine groups is 1. The first-order valence-corrected chi connectivity index (χ1v) is 9.79. The van der Waals surface area contributed by atoms with Gasteiger partial charge in [-0.25, -0.2) is 13.1 Å². The second kappa shape index (κ2) is 11.9. The van der Waals surface area contributed by atoms with Gasteiger partial charge in [-0.15, -0.1) is 24.0 Å². The minimum absolute atomic E-state index is 0. The number of rotatable bonds is 8. The lowest BCUT2D eigenvalue weighted by molar-refractivity contribution is -0.129. The van der Waals surface area contributed by atoms with E-state index in [4.69, 9.17) is 0 Å². The molecule has 1 unspecified atom stereocenters. The zero-order valence-electron chi connectivity index (χ0n) is 14.7. The minimum atomic E-state index is -3.12. The van der Waals surface area contributed by atoms with Crippen molar-refractivity contribution in [3.8, 4) is 0 Å². The van der Waals surface area contributed by atoms with E-state index in [0.717, 1.165) is 13.0 Å². The third-order valence-electron chi connectivity index (χ3n) is 3.76. The van der Waals surface area contributed by atoms with Crippen LogP contribution in [-0.2, 0) is 14.8 Å². The summed E-state index contributed by atoms with van der Waals surface area (Å²) in [6.45, 7) is 5.99. The second-order valence-electron chi connectivity index (χ2n) is 5.47. The summed E-state index contributed by atoms with van der Waals surface area (Å²) in [5.41, 5.74) is 0. The molecule has 3 N–H and O–H groups in total. The SMILES string of the molecule is CCC(=O)N1CCC(NC(=NC)NCCCNS(=O)(=O)CC)C1.I. The van der Waals surface area contributed by atoms with Crippen molar-refractivity contribution in [2.75, 3.05) is 39.0 Å². The van der Waals surface area contributed by atoms with E-state index >= 15 is 0 Å². The van der Waals surface area contributed by atoms with Crippen LogP contribution in [0, 0.1) is 0 Å². The molecule has 1 saturated heterocycles. The molecule has 0 spiro atoms. The third-order valence-corrected chi connectivity index (χ3v) is 5.16. The lowest BCUT2D eigenvalue weighted by Gasteiger charge is -2.18. The fraction of sp³-hybridized carbons (Fsp3) is 0.857. The summed E-state index contributed by atoms with van der Waals surface area (Å²) in [5.74, 6) is 0.956. The summed E-state index contributed by atoms with van der Waals surface area (Å²) in [6, 6.07) is 0.204. The molecule has 10 heteroatoms. The highest BCUT2D eigenvalue weighted by Crippen LogP contribution is 2.10. The van der Waals surface area contributed by atoms with Gasteiger partial charge in [0.1, 0.15) is 0 Å². The number of halogens is 1. The molecule has 0 aromatic rings. The van der Waals surface area contributed by atoms with Gasteiger partial charge < -0.3 is 15.5 Å². The summed E-state index contributed by atoms with van der Waals surface area (Å²) in [6.07, 6.45) is 2.11. The highest BCUT2D eigenvalue weighted by molar-refractivity contribution is 14.0. The molecular formula is C14H30IN5O3S. The van der Waals surface area contributed by atoms with Gasteiger partial charge in [0.25, 0.3) is 0 Å². The number of amides is 1. The van der Waals surface area contributed by atoms with Gasteiger partial charge in [0.2, 0.25) is 15.9 Å². The predicted octanol–water partition coefficient (Wildman–Crippen LogP) is 0.110. The van der Waals surface area contributed by atoms with Crippen LogP contribution < -0.4 is 15.4 Å². The Labute approximate surface area is 162 Å². The first kappa shape index (κ1) is 23.4. The first-order valence-electron chi connectivity index (χ1n) is 8.14. The van der Waals surface area contributed by atoms with Crippen LogP contribution in [0.3, 0.4) is 0 Å². The Kier molecular flexibility index (Phi) is 11.5. The molecule has 0 aromatic heterocycles. The van der Waals surface area contributed by atoms with Gasteiger partial charge in [-0.1, -0.05) is 6.92 Å². The zero-order valence-corrected chi connectivity index (χ0v) is 17.8. The minimum Gasteiger partial charge on any atom is -0.356 e. The Morgan fingerprint density at radius 2 is 2.00 bits per heavy atom. The van der Waals surface area contributed by atoms with Gasteiger partial charge in [0.15, 0.2) is 5.96 Å². The molecule has 1 amide bonds. The largest absolute Gasteiger partial charge is 0.356 e. The fourth-order valence-corrected chi connectivity index (χ4v) is 3.00. The Bertz CT molecular complexity index is 513. The number of sulfonamides is 1. The normalized spacial score (nSPS) is 18.2. The molecule has 0 aliphatic carbocycles. The summed E-state index contributed by atoms with van der Waals surface area (Å²) in [7, 11) is -1.43. The fourth-order valence-electron chi connectivity index (χ4n) is 2.34. The van der Waals surface area contributed by atoms with Gasteiger partial charge in [0, 0.05) is 45.7 Å². The van der Waals surface area contributed by atoms with Crippen LogP contribution in [0.1, 0.15) is 33.1 Å². The van der Waals surface area contributed by atoms with Crippen molar-refractivity contribution in [1.82, 2.24) is 20.3 Å². The van der Waals surface area contributed by atoms with Crippen LogP contribution in [0.15, 0.2) is 4.99 Å². The molecule has 0 radical (unpaired) electrons. The molecule has 8 nitrogen and oxygen atoms in total. The van der Waals surface area contributed by atoms with Crippen LogP contribution in [0.25, 0.3) is 0 Å². The quantitative estimate of drug-likeness (QED) is 0.200. The molecule has 0 bridgehead atoms. The highest BCUT2D eigenvalue weighted by Gasteiger charge is 2.25. The van der Waals surface area contributed by atoms with Crippen molar-refractivity contribution in [3.63, 3.8) is 0 Å². The van der Waals surface area contributed by atoms with Gasteiger partial charge in [-0.3, -0.25) is 9.79 Å². The Hall–Kier alpha value is -0.620. The molecule has 1 heterocycles. The van der Waals surface area contributed by atoms with Gasteiger partial charge in [0.05, 0.1) is 5.75 Å². The van der Waals surface area contributed by atoms with E-state index in [2.05, 4.69) is 20.3 Å². The van der Waals surface area contributed by atoms with E-state index < -0.39 is 10.0 Å². The van der Waals surface area contributed by atoms with Gasteiger partial charge >= 0.3 is 0 Å². The van der Waals surface area contributed by atoms with Crippen molar-refractivity contribution in [2.24, 2.45) is 4.99 Å². The molecule has 1 atom stereocenters. The summed E-state index contributed by atoms with van der Waals surface area (Å²) in [4.78, 5) is 17.7. The molecule has 1 aliphatic heterocycles. The van der Waals surface area contributed by atoms with Crippen LogP contribution >= 0.6 is 24.0 Å². The van der Waals surface area contributed by atoms with E-state index in [1.807, 2.05) is 11.8 Å². The summed E-state index contributed by atoms with van der Waals surface area (Å²) >= 11 is 0. The van der Waals surface area contributed by atoms with Crippen molar-refractivity contribution >= 4 is 45.9 Å². The average molecular weight is 475 g/mol. The van der Waals surface area contributed by atoms with E-state index in [1.54, 1.807) is 14.0 Å². The highest BCUT2D eigenvalue weighted by atomic mass is 127. The number of aliphatic imine (C=N–C) groups is 1. The number of carbonyl (C=O) groups excluding carboxylic acids is 1. The monoisotopic (exact) mass is 475 g/mol. The van der Waals surface area contributed by atoms with E-state index in [1.165, 1.54) is 0 Å². The van der Waals surface area contributed by atoms with E-state index in [-0.39, 0.29) is 41.7 Å². The number of nitrogens with zero attached hydrogens (tertiary/aromatic N) is 2. The molecule has 1 fully saturated rings. The zero-order chi connectivity index (χ0) is 17.3. The molecule has 142 valence electrons. The number of nitrogens with one attached hydrogen (secondary N) is 3. The number of likely N-dealkylation sites (tertiary alicyclic amines) is 1. The maximum Gasteiger partial charge on any atom is 0.222 e. The van der Waals surface area contributed by atoms with Crippen molar-refractivity contribution < 1.29 is 13.2 Å². The Balaban J connectivity index is 0.00000529. The smallest absolute Gasteiger partial charge is 0.222 e. The van der Waals surface area contributed by atoms with Gasteiger partial charge in [-0.2, -0.15) is 0 Å². The lowest BCUT2D eigenvalue weighted by Crippen LogP contribution is -2.45. The maximum absolute atomic E-state index is 11.7. The third kappa shape index (κ3) is 8.47. The predicted molar refractivity (Wildman–Crippen MR) is 107 cm³/mol. The Morgan fingerprint density at radius 3 is 2.58 bits per heavy atom. The Morgan fingerprint density at radius 1 is 1.29 bits per heavy atom. The standard InChI is InChI=1S/C14H29N5O3S.HI/c1-4-13(20)19-10-7-12(11-19)18-14(15-3)16-8-6-9-17-23(21,22)5-2;/h12,17H,4-11H2,1-3H3,(H2,15,16,18);1H. The lowest BCUT2D eigenvalue weighted by atomic mass is 10.3. The van der Waals surface area contributed by atoms with Crippen LogP contribution in [0.5, 0.6) is 0 Å². The van der Waals surface area contributed by atoms with E-state index in [0.29, 0.717) is 38.4 Å². The van der Waals surface area contributed by atoms with Crippen LogP contribution in [0.2, 0.25) is 0 Å². The van der Waals surface area contributed by atoms with Crippen LogP contribution in [0.4, 0.5) is 0 Å². The number of carbonyl (C=O) groups is 1. The maximum atomic E-state index is 11.7. The average Bonchev–Trinajstić information content (AvgIpc) is 3.01. The van der Waals surface area contributed by atoms with Crippen molar-refractivity contribution in [2.45, 2.75) is 39.2 Å². The number of hydrogen-bond donors (Lipinski definition) is 3. The summed E-state index contributed by atoms with van der Waals surface area (Å²) in [5, 5.41) is 6.46. The van der Waals surface area contributed by atoms with Crippen molar-refractivity contribution in [3.05, 3.63) is 0 Å². The van der Waals surface area contributed by atoms with Crippen LogP contribution in [-0.4, -0.2) is 70.2 Å². The molecule has 1 rings (SSSR count). The molecule has 0 aromatic carbocycles. The molecule has 1 aliphatic rings. The second-order valence-corrected chi connectivity index (χ2v) is 7.57. The topological polar surface area (TPSA) is 103 Å². The molecule has 0 saturated carbocycles. The van der Waals surface area contributed by atoms with E-state index in [9.17, 15) is 13.2 Å². The number of hydrogen-bond acceptors (Lipinski definition) is 4. The molecular weight excluding hydrogens is 445 g/mol. The van der Waals surface area contributed by atoms with Gasteiger partial charge in [-0.05, 0) is 19.8 Å².